The molecular weight excluding hydrogens is 397 g/mol. The minimum Gasteiger partial charge on any atom is -0.497 e. The largest absolute Gasteiger partial charge is 0.497 e. The van der Waals surface area contributed by atoms with Crippen LogP contribution < -0.4 is 9.64 Å². The fourth-order valence-electron chi connectivity index (χ4n) is 3.49. The van der Waals surface area contributed by atoms with Crippen molar-refractivity contribution in [2.45, 2.75) is 0 Å². The number of anilines is 1. The number of hydrogen-bond donors (Lipinski definition) is 0. The molecule has 0 bridgehead atoms. The Hall–Kier alpha value is -3.19. The molecule has 2 aromatic carbocycles. The Morgan fingerprint density at radius 2 is 1.84 bits per heavy atom. The van der Waals surface area contributed by atoms with Gasteiger partial charge in [0.05, 0.1) is 19.2 Å². The highest BCUT2D eigenvalue weighted by molar-refractivity contribution is 6.07. The van der Waals surface area contributed by atoms with Gasteiger partial charge in [-0.05, 0) is 50.0 Å². The fraction of sp³-hybridized carbons (Fsp3) is 0.333. The zero-order valence-corrected chi connectivity index (χ0v) is 18.2. The van der Waals surface area contributed by atoms with Crippen molar-refractivity contribution in [1.82, 2.24) is 9.80 Å². The first kappa shape index (κ1) is 22.5. The van der Waals surface area contributed by atoms with Crippen LogP contribution in [0.2, 0.25) is 0 Å². The van der Waals surface area contributed by atoms with E-state index in [2.05, 4.69) is 4.90 Å². The molecule has 3 rings (SSSR count). The summed E-state index contributed by atoms with van der Waals surface area (Å²) in [4.78, 5) is 30.6. The molecule has 0 N–H and O–H groups in total. The molecule has 0 spiro atoms. The van der Waals surface area contributed by atoms with Crippen molar-refractivity contribution < 1.29 is 18.7 Å². The molecule has 0 aromatic heterocycles. The first-order chi connectivity index (χ1) is 14.9. The molecular formula is C24H28FN3O3. The highest BCUT2D eigenvalue weighted by atomic mass is 19.1. The monoisotopic (exact) mass is 425 g/mol. The fourth-order valence-corrected chi connectivity index (χ4v) is 3.49. The van der Waals surface area contributed by atoms with Gasteiger partial charge in [0.15, 0.2) is 5.78 Å². The number of halogens is 1. The van der Waals surface area contributed by atoms with E-state index in [-0.39, 0.29) is 11.5 Å². The predicted molar refractivity (Wildman–Crippen MR) is 120 cm³/mol. The maximum absolute atomic E-state index is 14.1. The summed E-state index contributed by atoms with van der Waals surface area (Å²) >= 11 is 0. The van der Waals surface area contributed by atoms with Gasteiger partial charge in [0.25, 0.3) is 0 Å². The highest BCUT2D eigenvalue weighted by Crippen LogP contribution is 2.20. The number of piperazine rings is 1. The molecule has 0 atom stereocenters. The van der Waals surface area contributed by atoms with Crippen LogP contribution in [0.25, 0.3) is 6.08 Å². The molecule has 1 aliphatic rings. The van der Waals surface area contributed by atoms with Crippen molar-refractivity contribution in [2.75, 3.05) is 58.8 Å². The van der Waals surface area contributed by atoms with Crippen molar-refractivity contribution in [3.8, 4) is 5.75 Å². The van der Waals surface area contributed by atoms with Crippen LogP contribution in [0.15, 0.2) is 48.5 Å². The van der Waals surface area contributed by atoms with E-state index in [1.807, 2.05) is 48.2 Å². The molecule has 1 heterocycles. The van der Waals surface area contributed by atoms with E-state index in [0.29, 0.717) is 25.4 Å². The summed E-state index contributed by atoms with van der Waals surface area (Å²) in [7, 11) is 5.23. The first-order valence-electron chi connectivity index (χ1n) is 10.2. The summed E-state index contributed by atoms with van der Waals surface area (Å²) in [5, 5.41) is 0. The van der Waals surface area contributed by atoms with Gasteiger partial charge in [0.2, 0.25) is 5.91 Å². The molecule has 1 aliphatic heterocycles. The molecule has 6 nitrogen and oxygen atoms in total. The number of amides is 1. The molecule has 1 amide bonds. The van der Waals surface area contributed by atoms with Crippen LogP contribution in [0, 0.1) is 5.82 Å². The number of allylic oxidation sites excluding steroid dienone is 1. The van der Waals surface area contributed by atoms with Crippen LogP contribution in [0.5, 0.6) is 5.75 Å². The summed E-state index contributed by atoms with van der Waals surface area (Å²) in [6.07, 6.45) is 3.06. The molecule has 1 fully saturated rings. The van der Waals surface area contributed by atoms with Crippen LogP contribution in [-0.4, -0.2) is 75.4 Å². The number of rotatable bonds is 7. The number of ether oxygens (including phenoxy) is 1. The van der Waals surface area contributed by atoms with E-state index >= 15 is 0 Å². The van der Waals surface area contributed by atoms with Crippen LogP contribution in [-0.2, 0) is 4.79 Å². The van der Waals surface area contributed by atoms with Crippen LogP contribution in [0.1, 0.15) is 15.9 Å². The van der Waals surface area contributed by atoms with Crippen molar-refractivity contribution in [3.05, 3.63) is 65.5 Å². The van der Waals surface area contributed by atoms with Crippen LogP contribution in [0.4, 0.5) is 10.1 Å². The Balaban J connectivity index is 1.63. The number of hydrogen-bond acceptors (Lipinski definition) is 5. The van der Waals surface area contributed by atoms with Gasteiger partial charge in [-0.15, -0.1) is 0 Å². The van der Waals surface area contributed by atoms with Crippen LogP contribution in [0.3, 0.4) is 0 Å². The molecule has 0 saturated carbocycles. The third-order valence-corrected chi connectivity index (χ3v) is 5.19. The van der Waals surface area contributed by atoms with E-state index in [1.165, 1.54) is 25.3 Å². The van der Waals surface area contributed by atoms with Crippen molar-refractivity contribution in [1.29, 1.82) is 0 Å². The molecule has 1 saturated heterocycles. The van der Waals surface area contributed by atoms with Gasteiger partial charge in [-0.2, -0.15) is 0 Å². The maximum Gasteiger partial charge on any atom is 0.236 e. The number of carbonyl (C=O) groups excluding carboxylic acids is 2. The third kappa shape index (κ3) is 5.92. The lowest BCUT2D eigenvalue weighted by molar-refractivity contribution is -0.132. The molecule has 2 aromatic rings. The number of carbonyl (C=O) groups is 2. The molecule has 7 heteroatoms. The Morgan fingerprint density at radius 1 is 1.10 bits per heavy atom. The number of likely N-dealkylation sites (N-methyl/N-ethyl adjacent to an activating group) is 1. The van der Waals surface area contributed by atoms with Gasteiger partial charge in [0.1, 0.15) is 11.6 Å². The van der Waals surface area contributed by atoms with Crippen LogP contribution >= 0.6 is 0 Å². The van der Waals surface area contributed by atoms with E-state index < -0.39 is 11.6 Å². The van der Waals surface area contributed by atoms with Gasteiger partial charge in [-0.3, -0.25) is 9.59 Å². The summed E-state index contributed by atoms with van der Waals surface area (Å²) in [5.74, 6) is -0.497. The quantitative estimate of drug-likeness (QED) is 0.504. The average Bonchev–Trinajstić information content (AvgIpc) is 2.77. The highest BCUT2D eigenvalue weighted by Gasteiger charge is 2.21. The normalized spacial score (nSPS) is 14.4. The smallest absolute Gasteiger partial charge is 0.236 e. The van der Waals surface area contributed by atoms with Crippen molar-refractivity contribution in [2.24, 2.45) is 0 Å². The lowest BCUT2D eigenvalue weighted by Crippen LogP contribution is -2.50. The molecule has 31 heavy (non-hydrogen) atoms. The Bertz CT molecular complexity index is 966. The minimum atomic E-state index is -0.607. The van der Waals surface area contributed by atoms with Gasteiger partial charge in [0, 0.05) is 37.9 Å². The predicted octanol–water partition coefficient (Wildman–Crippen LogP) is 2.94. The Kier molecular flexibility index (Phi) is 7.41. The minimum absolute atomic E-state index is 0.00622. The summed E-state index contributed by atoms with van der Waals surface area (Å²) in [6.45, 7) is 3.29. The molecule has 164 valence electrons. The standard InChI is InChI=1S/C24H28FN3O3/c1-26(2)17-24(30)28-13-11-27(12-14-28)19-6-4-5-18(15-19)7-10-23(29)21-9-8-20(31-3)16-22(21)25/h4-10,15-16H,11-14,17H2,1-3H3. The molecule has 0 unspecified atom stereocenters. The Morgan fingerprint density at radius 3 is 2.48 bits per heavy atom. The number of nitrogens with zero attached hydrogens (tertiary/aromatic N) is 3. The third-order valence-electron chi connectivity index (χ3n) is 5.19. The van der Waals surface area contributed by atoms with E-state index in [1.54, 1.807) is 12.1 Å². The number of benzene rings is 2. The Labute approximate surface area is 182 Å². The summed E-state index contributed by atoms with van der Waals surface area (Å²) in [6, 6.07) is 12.0. The zero-order valence-electron chi connectivity index (χ0n) is 18.2. The van der Waals surface area contributed by atoms with E-state index in [0.717, 1.165) is 24.3 Å². The molecule has 0 radical (unpaired) electrons. The number of methoxy groups -OCH3 is 1. The topological polar surface area (TPSA) is 53.1 Å². The van der Waals surface area contributed by atoms with Crippen molar-refractivity contribution in [3.63, 3.8) is 0 Å². The molecule has 0 aliphatic carbocycles. The van der Waals surface area contributed by atoms with Gasteiger partial charge >= 0.3 is 0 Å². The summed E-state index contributed by atoms with van der Waals surface area (Å²) in [5.41, 5.74) is 1.89. The van der Waals surface area contributed by atoms with Crippen molar-refractivity contribution >= 4 is 23.5 Å². The lowest BCUT2D eigenvalue weighted by Gasteiger charge is -2.36. The second kappa shape index (κ2) is 10.2. The zero-order chi connectivity index (χ0) is 22.4. The van der Waals surface area contributed by atoms with E-state index in [9.17, 15) is 14.0 Å². The van der Waals surface area contributed by atoms with Gasteiger partial charge in [-0.25, -0.2) is 4.39 Å². The SMILES string of the molecule is COc1ccc(C(=O)C=Cc2cccc(N3CCN(C(=O)CN(C)C)CC3)c2)c(F)c1. The lowest BCUT2D eigenvalue weighted by atomic mass is 10.1. The average molecular weight is 426 g/mol. The van der Waals surface area contributed by atoms with Gasteiger partial charge in [-0.1, -0.05) is 18.2 Å². The van der Waals surface area contributed by atoms with Gasteiger partial charge < -0.3 is 19.4 Å². The maximum atomic E-state index is 14.1. The summed E-state index contributed by atoms with van der Waals surface area (Å²) < 4.78 is 19.1. The second-order valence-electron chi connectivity index (χ2n) is 7.74. The first-order valence-corrected chi connectivity index (χ1v) is 10.2. The second-order valence-corrected chi connectivity index (χ2v) is 7.74. The number of ketones is 1. The van der Waals surface area contributed by atoms with E-state index in [4.69, 9.17) is 4.74 Å².